The maximum absolute atomic E-state index is 12.7. The van der Waals surface area contributed by atoms with Crippen LogP contribution in [0.2, 0.25) is 0 Å². The molecule has 160 valence electrons. The fourth-order valence-electron chi connectivity index (χ4n) is 3.62. The van der Waals surface area contributed by atoms with Crippen LogP contribution >= 0.6 is 0 Å². The van der Waals surface area contributed by atoms with Crippen LogP contribution in [0.3, 0.4) is 0 Å². The fraction of sp³-hybridized carbons (Fsp3) is 0.269. The van der Waals surface area contributed by atoms with Crippen LogP contribution in [-0.4, -0.2) is 35.8 Å². The van der Waals surface area contributed by atoms with E-state index in [1.54, 1.807) is 6.21 Å². The van der Waals surface area contributed by atoms with Crippen LogP contribution in [0.1, 0.15) is 16.7 Å². The highest BCUT2D eigenvalue weighted by molar-refractivity contribution is 5.61. The first kappa shape index (κ1) is 21.2. The van der Waals surface area contributed by atoms with E-state index in [-0.39, 0.29) is 6.61 Å². The highest BCUT2D eigenvalue weighted by Gasteiger charge is 2.43. The van der Waals surface area contributed by atoms with E-state index < -0.39 is 18.2 Å². The molecule has 0 aliphatic carbocycles. The third-order valence-corrected chi connectivity index (χ3v) is 5.29. The molecule has 0 saturated heterocycles. The first-order chi connectivity index (χ1) is 15.3. The summed E-state index contributed by atoms with van der Waals surface area (Å²) in [7, 11) is 0. The van der Waals surface area contributed by atoms with E-state index in [2.05, 4.69) is 0 Å². The van der Waals surface area contributed by atoms with Gasteiger partial charge in [0.15, 0.2) is 18.4 Å². The van der Waals surface area contributed by atoms with E-state index in [9.17, 15) is 5.21 Å². The Bertz CT molecular complexity index is 947. The molecule has 3 aromatic carbocycles. The van der Waals surface area contributed by atoms with Crippen LogP contribution in [0.15, 0.2) is 91.0 Å². The minimum Gasteiger partial charge on any atom is -0.624 e. The van der Waals surface area contributed by atoms with Gasteiger partial charge in [-0.1, -0.05) is 91.0 Å². The van der Waals surface area contributed by atoms with Crippen LogP contribution in [0.5, 0.6) is 0 Å². The van der Waals surface area contributed by atoms with Crippen molar-refractivity contribution in [2.75, 3.05) is 6.61 Å². The Morgan fingerprint density at radius 3 is 1.68 bits per heavy atom. The summed E-state index contributed by atoms with van der Waals surface area (Å²) < 4.78 is 19.1. The van der Waals surface area contributed by atoms with Crippen LogP contribution in [0, 0.1) is 5.21 Å². The molecule has 0 spiro atoms. The van der Waals surface area contributed by atoms with Gasteiger partial charge in [0.25, 0.3) is 0 Å². The van der Waals surface area contributed by atoms with Crippen LogP contribution < -0.4 is 0 Å². The minimum absolute atomic E-state index is 0.263. The second-order valence-electron chi connectivity index (χ2n) is 7.60. The van der Waals surface area contributed by atoms with Gasteiger partial charge in [-0.15, -0.1) is 0 Å². The number of rotatable bonds is 10. The molecule has 3 aromatic rings. The summed E-state index contributed by atoms with van der Waals surface area (Å²) in [6.45, 7) is 1.54. The molecule has 3 atom stereocenters. The minimum atomic E-state index is -0.465. The summed E-state index contributed by atoms with van der Waals surface area (Å²) in [6.07, 6.45) is 0.707. The molecular weight excluding hydrogens is 390 g/mol. The molecule has 1 aliphatic rings. The Kier molecular flexibility index (Phi) is 7.45. The van der Waals surface area contributed by atoms with E-state index in [4.69, 9.17) is 14.2 Å². The number of hydroxylamine groups is 1. The first-order valence-corrected chi connectivity index (χ1v) is 10.5. The zero-order chi connectivity index (χ0) is 21.3. The molecule has 1 heterocycles. The van der Waals surface area contributed by atoms with Gasteiger partial charge in [-0.05, 0) is 16.7 Å². The predicted octanol–water partition coefficient (Wildman–Crippen LogP) is 4.34. The van der Waals surface area contributed by atoms with Crippen molar-refractivity contribution in [1.82, 2.24) is 0 Å². The summed E-state index contributed by atoms with van der Waals surface area (Å²) in [6, 6.07) is 29.3. The zero-order valence-corrected chi connectivity index (χ0v) is 17.4. The summed E-state index contributed by atoms with van der Waals surface area (Å²) >= 11 is 0. The number of hydrogen-bond donors (Lipinski definition) is 0. The van der Waals surface area contributed by atoms with Gasteiger partial charge in [0.1, 0.15) is 6.61 Å². The van der Waals surface area contributed by atoms with Gasteiger partial charge in [0.2, 0.25) is 6.04 Å². The molecule has 0 bridgehead atoms. The average Bonchev–Trinajstić information content (AvgIpc) is 3.12. The van der Waals surface area contributed by atoms with E-state index in [0.717, 1.165) is 21.4 Å². The van der Waals surface area contributed by atoms with Crippen molar-refractivity contribution in [3.05, 3.63) is 113 Å². The molecule has 0 radical (unpaired) electrons. The van der Waals surface area contributed by atoms with Crippen molar-refractivity contribution in [2.45, 2.75) is 38.1 Å². The molecule has 1 aliphatic heterocycles. The molecule has 0 amide bonds. The Morgan fingerprint density at radius 2 is 1.13 bits per heavy atom. The lowest BCUT2D eigenvalue weighted by molar-refractivity contribution is -0.504. The third-order valence-electron chi connectivity index (χ3n) is 5.29. The van der Waals surface area contributed by atoms with E-state index in [1.807, 2.05) is 91.0 Å². The standard InChI is InChI=1S/C26H27NO4/c28-27-16-25(30-18-22-12-6-2-7-13-22)26(31-19-23-14-8-3-9-15-23)24(27)20-29-17-21-10-4-1-5-11-21/h1-16,24-26H,17-20H2. The first-order valence-electron chi connectivity index (χ1n) is 10.5. The zero-order valence-electron chi connectivity index (χ0n) is 17.4. The predicted molar refractivity (Wildman–Crippen MR) is 120 cm³/mol. The largest absolute Gasteiger partial charge is 0.624 e. The summed E-state index contributed by atoms with van der Waals surface area (Å²) in [4.78, 5) is 0. The topological polar surface area (TPSA) is 53.8 Å². The van der Waals surface area contributed by atoms with E-state index in [1.165, 1.54) is 0 Å². The monoisotopic (exact) mass is 417 g/mol. The smallest absolute Gasteiger partial charge is 0.215 e. The Labute approximate surface area is 183 Å². The van der Waals surface area contributed by atoms with Crippen LogP contribution in [0.25, 0.3) is 0 Å². The van der Waals surface area contributed by atoms with Gasteiger partial charge in [-0.25, -0.2) is 4.74 Å². The van der Waals surface area contributed by atoms with Crippen molar-refractivity contribution >= 4 is 6.21 Å². The highest BCUT2D eigenvalue weighted by Crippen LogP contribution is 2.21. The van der Waals surface area contributed by atoms with Crippen molar-refractivity contribution in [1.29, 1.82) is 0 Å². The lowest BCUT2D eigenvalue weighted by Gasteiger charge is -2.23. The molecule has 0 fully saturated rings. The third kappa shape index (κ3) is 6.01. The van der Waals surface area contributed by atoms with Crippen molar-refractivity contribution in [3.8, 4) is 0 Å². The average molecular weight is 418 g/mol. The molecule has 0 saturated carbocycles. The molecule has 3 unspecified atom stereocenters. The number of hydrogen-bond acceptors (Lipinski definition) is 4. The molecule has 4 rings (SSSR count). The number of ether oxygens (including phenoxy) is 3. The molecule has 5 nitrogen and oxygen atoms in total. The molecular formula is C26H27NO4. The lowest BCUT2D eigenvalue weighted by Crippen LogP contribution is -2.41. The Hall–Kier alpha value is -2.99. The van der Waals surface area contributed by atoms with Gasteiger partial charge >= 0.3 is 0 Å². The Morgan fingerprint density at radius 1 is 0.645 bits per heavy atom. The molecule has 31 heavy (non-hydrogen) atoms. The van der Waals surface area contributed by atoms with Gasteiger partial charge in [-0.3, -0.25) is 0 Å². The van der Waals surface area contributed by atoms with Crippen LogP contribution in [0.4, 0.5) is 0 Å². The second kappa shape index (κ2) is 10.9. The van der Waals surface area contributed by atoms with Gasteiger partial charge in [0, 0.05) is 0 Å². The van der Waals surface area contributed by atoms with Crippen LogP contribution in [-0.2, 0) is 34.0 Å². The number of benzene rings is 3. The van der Waals surface area contributed by atoms with Gasteiger partial charge in [0.05, 0.1) is 19.8 Å². The summed E-state index contributed by atoms with van der Waals surface area (Å²) in [5.74, 6) is 0. The summed E-state index contributed by atoms with van der Waals surface area (Å²) in [5.41, 5.74) is 3.18. The van der Waals surface area contributed by atoms with Crippen molar-refractivity contribution in [3.63, 3.8) is 0 Å². The maximum atomic E-state index is 12.7. The van der Waals surface area contributed by atoms with E-state index >= 15 is 0 Å². The van der Waals surface area contributed by atoms with Crippen molar-refractivity contribution < 1.29 is 18.9 Å². The summed E-state index contributed by atoms with van der Waals surface area (Å²) in [5, 5.41) is 12.7. The van der Waals surface area contributed by atoms with Gasteiger partial charge in [-0.2, -0.15) is 0 Å². The highest BCUT2D eigenvalue weighted by atomic mass is 16.6. The second-order valence-corrected chi connectivity index (χ2v) is 7.60. The fourth-order valence-corrected chi connectivity index (χ4v) is 3.62. The van der Waals surface area contributed by atoms with E-state index in [0.29, 0.717) is 19.8 Å². The lowest BCUT2D eigenvalue weighted by atomic mass is 10.1. The quantitative estimate of drug-likeness (QED) is 0.364. The Balaban J connectivity index is 1.40. The number of nitrogens with zero attached hydrogens (tertiary/aromatic N) is 1. The van der Waals surface area contributed by atoms with Gasteiger partial charge < -0.3 is 19.4 Å². The van der Waals surface area contributed by atoms with Crippen molar-refractivity contribution in [2.24, 2.45) is 0 Å². The SMILES string of the molecule is [O-][N+]1=CC(OCc2ccccc2)C(OCc2ccccc2)C1COCc1ccccc1. The maximum Gasteiger partial charge on any atom is 0.215 e. The molecule has 5 heteroatoms. The molecule has 0 N–H and O–H groups in total. The normalized spacial score (nSPS) is 20.5. The molecule has 0 aromatic heterocycles.